The van der Waals surface area contributed by atoms with Gasteiger partial charge in [-0.15, -0.1) is 22.6 Å². The Labute approximate surface area is 317 Å². The summed E-state index contributed by atoms with van der Waals surface area (Å²) in [7, 11) is 0. The third-order valence-electron chi connectivity index (χ3n) is 9.85. The van der Waals surface area contributed by atoms with Crippen molar-refractivity contribution in [3.63, 3.8) is 0 Å². The van der Waals surface area contributed by atoms with Crippen molar-refractivity contribution in [1.29, 1.82) is 0 Å². The number of carbonyl (C=O) groups is 3. The Balaban J connectivity index is 0.00000650. The number of hydrogen-bond acceptors (Lipinski definition) is 9. The number of H-pyrrole nitrogens is 1. The number of likely N-dealkylation sites (N-methyl/N-ethyl adjacent to an activating group) is 1. The lowest BCUT2D eigenvalue weighted by molar-refractivity contribution is -0.140. The number of alkyl halides is 3. The third kappa shape index (κ3) is 10.2. The van der Waals surface area contributed by atoms with Crippen molar-refractivity contribution in [1.82, 2.24) is 35.8 Å². The lowest BCUT2D eigenvalue weighted by atomic mass is 9.81. The number of nitrogens with one attached hydrogen (secondary N) is 2. The quantitative estimate of drug-likeness (QED) is 0.134. The minimum atomic E-state index is -4.84. The highest BCUT2D eigenvalue weighted by Crippen LogP contribution is 2.37. The summed E-state index contributed by atoms with van der Waals surface area (Å²) < 4.78 is 42.9. The number of carbonyl (C=O) groups excluding carboxylic acids is 3. The van der Waals surface area contributed by atoms with Gasteiger partial charge >= 0.3 is 6.18 Å². The number of anilines is 1. The van der Waals surface area contributed by atoms with Gasteiger partial charge in [-0.25, -0.2) is 4.98 Å². The maximum absolute atomic E-state index is 14.3. The van der Waals surface area contributed by atoms with Crippen LogP contribution in [0.25, 0.3) is 22.5 Å². The zero-order valence-electron chi connectivity index (χ0n) is 30.2. The minimum Gasteiger partial charge on any atom is -0.368 e. The molecule has 1 aliphatic rings. The number of rotatable bonds is 15. The van der Waals surface area contributed by atoms with Crippen LogP contribution in [0.4, 0.5) is 18.9 Å². The van der Waals surface area contributed by atoms with Crippen molar-refractivity contribution < 1.29 is 27.6 Å². The van der Waals surface area contributed by atoms with Crippen LogP contribution in [-0.4, -0.2) is 87.0 Å². The molecule has 5 rings (SSSR count). The standard InChI is InChI=1S/C37H45F3N10O3.ClH/c1-3-49(4-2)20-19-43-35(52)30-18-17-29(32(44-30)37(38,39)40)25-9-5-23(6-10-25)21-31(33(42)51)50(36(53)27-11-7-24(22-41)8-12-27)28-15-13-26(14-16-28)34-45-47-48-46-34;/h5-6,9-10,13-18,24,27,31H,3-4,7-8,11-12,19-22,41H2,1-2H3,(H2,42,51)(H,43,52)(H,45,46,47,48);1H/t24-,27-,31-;/m0./s1. The lowest BCUT2D eigenvalue weighted by Crippen LogP contribution is -2.52. The molecule has 0 saturated heterocycles. The first kappa shape index (κ1) is 41.8. The van der Waals surface area contributed by atoms with E-state index < -0.39 is 29.7 Å². The second-order valence-electron chi connectivity index (χ2n) is 13.1. The van der Waals surface area contributed by atoms with Gasteiger partial charge in [-0.2, -0.15) is 18.4 Å². The number of pyridine rings is 1. The van der Waals surface area contributed by atoms with Gasteiger partial charge in [0, 0.05) is 42.2 Å². The number of aromatic amines is 1. The maximum Gasteiger partial charge on any atom is 0.433 e. The van der Waals surface area contributed by atoms with Crippen LogP contribution < -0.4 is 21.7 Å². The van der Waals surface area contributed by atoms with E-state index in [1.807, 2.05) is 13.8 Å². The molecule has 6 N–H and O–H groups in total. The van der Waals surface area contributed by atoms with E-state index in [0.717, 1.165) is 25.9 Å². The molecule has 1 fully saturated rings. The molecule has 1 atom stereocenters. The summed E-state index contributed by atoms with van der Waals surface area (Å²) in [6, 6.07) is 14.4. The van der Waals surface area contributed by atoms with Crippen molar-refractivity contribution in [3.05, 3.63) is 77.6 Å². The van der Waals surface area contributed by atoms with Gasteiger partial charge in [0.1, 0.15) is 11.7 Å². The summed E-state index contributed by atoms with van der Waals surface area (Å²) in [5, 5.41) is 16.6. The molecule has 0 aliphatic heterocycles. The van der Waals surface area contributed by atoms with Gasteiger partial charge in [-0.3, -0.25) is 19.3 Å². The number of halogens is 4. The van der Waals surface area contributed by atoms with Crippen molar-refractivity contribution in [3.8, 4) is 22.5 Å². The van der Waals surface area contributed by atoms with Gasteiger partial charge in [-0.1, -0.05) is 38.1 Å². The van der Waals surface area contributed by atoms with Crippen LogP contribution in [0.15, 0.2) is 60.7 Å². The number of primary amides is 1. The van der Waals surface area contributed by atoms with E-state index >= 15 is 0 Å². The highest BCUT2D eigenvalue weighted by molar-refractivity contribution is 6.02. The molecule has 0 radical (unpaired) electrons. The molecule has 54 heavy (non-hydrogen) atoms. The number of aromatic nitrogens is 5. The maximum atomic E-state index is 14.3. The summed E-state index contributed by atoms with van der Waals surface area (Å²) in [5.41, 5.74) is 12.0. The van der Waals surface area contributed by atoms with Crippen LogP contribution in [-0.2, 0) is 22.2 Å². The van der Waals surface area contributed by atoms with Gasteiger partial charge < -0.3 is 21.7 Å². The largest absolute Gasteiger partial charge is 0.433 e. The Morgan fingerprint density at radius 2 is 1.59 bits per heavy atom. The number of hydrogen-bond donors (Lipinski definition) is 4. The fraction of sp³-hybridized carbons (Fsp3) is 0.432. The Morgan fingerprint density at radius 1 is 0.944 bits per heavy atom. The predicted octanol–water partition coefficient (Wildman–Crippen LogP) is 4.64. The first-order valence-electron chi connectivity index (χ1n) is 17.8. The van der Waals surface area contributed by atoms with Gasteiger partial charge in [0.25, 0.3) is 5.91 Å². The van der Waals surface area contributed by atoms with Crippen molar-refractivity contribution >= 4 is 35.8 Å². The highest BCUT2D eigenvalue weighted by atomic mass is 35.5. The monoisotopic (exact) mass is 770 g/mol. The Bertz CT molecular complexity index is 1830. The van der Waals surface area contributed by atoms with Crippen LogP contribution in [0, 0.1) is 11.8 Å². The SMILES string of the molecule is CCN(CC)CCNC(=O)c1ccc(-c2ccc(C[C@@H](C(N)=O)N(c3ccc(-c4nn[nH]n4)cc3)C(=O)[C@H]3CC[C@H](CN)CC3)cc2)c(C(F)(F)F)n1.Cl. The van der Waals surface area contributed by atoms with Gasteiger partial charge in [0.2, 0.25) is 17.6 Å². The molecule has 1 aliphatic carbocycles. The van der Waals surface area contributed by atoms with Crippen LogP contribution in [0.2, 0.25) is 0 Å². The van der Waals surface area contributed by atoms with E-state index in [2.05, 4.69) is 35.8 Å². The van der Waals surface area contributed by atoms with E-state index in [4.69, 9.17) is 11.5 Å². The van der Waals surface area contributed by atoms with E-state index in [-0.39, 0.29) is 54.0 Å². The molecule has 1 saturated carbocycles. The average molecular weight is 771 g/mol. The molecule has 2 aromatic heterocycles. The van der Waals surface area contributed by atoms with E-state index in [0.29, 0.717) is 54.5 Å². The van der Waals surface area contributed by atoms with Crippen LogP contribution in [0.3, 0.4) is 0 Å². The Hall–Kier alpha value is -4.93. The molecule has 13 nitrogen and oxygen atoms in total. The Kier molecular flexibility index (Phi) is 14.6. The molecule has 290 valence electrons. The van der Waals surface area contributed by atoms with Crippen molar-refractivity contribution in [2.45, 2.75) is 58.2 Å². The lowest BCUT2D eigenvalue weighted by Gasteiger charge is -2.35. The second kappa shape index (κ2) is 18.9. The van der Waals surface area contributed by atoms with E-state index in [1.165, 1.54) is 29.2 Å². The normalized spacial score (nSPS) is 16.4. The first-order chi connectivity index (χ1) is 25.4. The number of amides is 3. The van der Waals surface area contributed by atoms with Crippen LogP contribution in [0.1, 0.15) is 61.3 Å². The smallest absolute Gasteiger partial charge is 0.368 e. The number of nitrogens with zero attached hydrogens (tertiary/aromatic N) is 6. The van der Waals surface area contributed by atoms with Crippen LogP contribution >= 0.6 is 12.4 Å². The zero-order valence-corrected chi connectivity index (χ0v) is 31.0. The summed E-state index contributed by atoms with van der Waals surface area (Å²) in [4.78, 5) is 47.3. The minimum absolute atomic E-state index is 0. The predicted molar refractivity (Wildman–Crippen MR) is 200 cm³/mol. The number of tetrazole rings is 1. The molecule has 2 aromatic carbocycles. The Morgan fingerprint density at radius 3 is 2.15 bits per heavy atom. The van der Waals surface area contributed by atoms with E-state index in [9.17, 15) is 27.6 Å². The van der Waals surface area contributed by atoms with Gasteiger partial charge in [0.05, 0.1) is 0 Å². The molecule has 17 heteroatoms. The number of nitrogens with two attached hydrogens (primary N) is 2. The molecular formula is C37H46ClF3N10O3. The third-order valence-corrected chi connectivity index (χ3v) is 9.85. The topological polar surface area (TPSA) is 189 Å². The summed E-state index contributed by atoms with van der Waals surface area (Å²) in [6.45, 7) is 6.89. The van der Waals surface area contributed by atoms with Crippen molar-refractivity contribution in [2.75, 3.05) is 37.6 Å². The molecule has 0 spiro atoms. The van der Waals surface area contributed by atoms with Crippen LogP contribution in [0.5, 0.6) is 0 Å². The van der Waals surface area contributed by atoms with E-state index in [1.54, 1.807) is 36.4 Å². The molecule has 0 unspecified atom stereocenters. The molecule has 3 amide bonds. The summed E-state index contributed by atoms with van der Waals surface area (Å²) in [5.74, 6) is -1.34. The fourth-order valence-corrected chi connectivity index (χ4v) is 6.71. The average Bonchev–Trinajstić information content (AvgIpc) is 3.71. The highest BCUT2D eigenvalue weighted by Gasteiger charge is 2.38. The fourth-order valence-electron chi connectivity index (χ4n) is 6.71. The molecule has 4 aromatic rings. The molecule has 2 heterocycles. The van der Waals surface area contributed by atoms with Gasteiger partial charge in [0.15, 0.2) is 5.69 Å². The second-order valence-corrected chi connectivity index (χ2v) is 13.1. The first-order valence-corrected chi connectivity index (χ1v) is 17.8. The zero-order chi connectivity index (χ0) is 38.1. The van der Waals surface area contributed by atoms with Crippen molar-refractivity contribution in [2.24, 2.45) is 23.3 Å². The molecular weight excluding hydrogens is 725 g/mol. The molecule has 0 bridgehead atoms. The summed E-state index contributed by atoms with van der Waals surface area (Å²) >= 11 is 0. The number of benzene rings is 2. The summed E-state index contributed by atoms with van der Waals surface area (Å²) in [6.07, 6.45) is -2.03. The van der Waals surface area contributed by atoms with Gasteiger partial charge in [-0.05, 0) is 104 Å².